The Bertz CT molecular complexity index is 636. The summed E-state index contributed by atoms with van der Waals surface area (Å²) in [6.45, 7) is 2.61. The molecule has 1 aromatic carbocycles. The van der Waals surface area contributed by atoms with E-state index in [-0.39, 0.29) is 17.6 Å². The summed E-state index contributed by atoms with van der Waals surface area (Å²) >= 11 is 0. The van der Waals surface area contributed by atoms with E-state index in [0.717, 1.165) is 12.0 Å². The standard InChI is InChI=1S/C18H23FN2O3/c1-24-10-5-16(22)21-9-7-18(13-21)6-8-20(17(18)23)12-14-3-2-4-15(19)11-14/h2-4,11H,5-10,12-13H2,1H3/t18-/m0/s1. The molecule has 1 aromatic rings. The highest BCUT2D eigenvalue weighted by atomic mass is 19.1. The van der Waals surface area contributed by atoms with Gasteiger partial charge in [0.2, 0.25) is 11.8 Å². The zero-order chi connectivity index (χ0) is 17.2. The molecule has 3 rings (SSSR count). The number of benzene rings is 1. The molecule has 0 saturated carbocycles. The Hall–Kier alpha value is -1.95. The number of rotatable bonds is 5. The Balaban J connectivity index is 1.63. The molecule has 2 heterocycles. The number of methoxy groups -OCH3 is 1. The lowest BCUT2D eigenvalue weighted by atomic mass is 9.85. The van der Waals surface area contributed by atoms with Crippen LogP contribution in [-0.2, 0) is 20.9 Å². The van der Waals surface area contributed by atoms with Crippen LogP contribution in [0.5, 0.6) is 0 Å². The molecule has 2 saturated heterocycles. The van der Waals surface area contributed by atoms with Crippen LogP contribution in [-0.4, -0.2) is 55.0 Å². The van der Waals surface area contributed by atoms with Crippen LogP contribution in [0.4, 0.5) is 4.39 Å². The van der Waals surface area contributed by atoms with E-state index in [4.69, 9.17) is 4.74 Å². The van der Waals surface area contributed by atoms with Crippen molar-refractivity contribution in [2.45, 2.75) is 25.8 Å². The summed E-state index contributed by atoms with van der Waals surface area (Å²) in [7, 11) is 1.57. The molecule has 0 bridgehead atoms. The average Bonchev–Trinajstić information content (AvgIpc) is 3.13. The highest BCUT2D eigenvalue weighted by molar-refractivity contribution is 5.87. The van der Waals surface area contributed by atoms with Crippen molar-refractivity contribution in [3.63, 3.8) is 0 Å². The van der Waals surface area contributed by atoms with Gasteiger partial charge in [-0.05, 0) is 30.5 Å². The maximum absolute atomic E-state index is 13.3. The van der Waals surface area contributed by atoms with Gasteiger partial charge in [0.05, 0.1) is 18.4 Å². The molecule has 0 radical (unpaired) electrons. The summed E-state index contributed by atoms with van der Waals surface area (Å²) in [6.07, 6.45) is 1.83. The zero-order valence-corrected chi connectivity index (χ0v) is 14.0. The summed E-state index contributed by atoms with van der Waals surface area (Å²) in [5.41, 5.74) is 0.349. The number of amides is 2. The minimum absolute atomic E-state index is 0.0464. The summed E-state index contributed by atoms with van der Waals surface area (Å²) in [5.74, 6) is -0.149. The van der Waals surface area contributed by atoms with Crippen molar-refractivity contribution in [3.8, 4) is 0 Å². The van der Waals surface area contributed by atoms with E-state index in [1.54, 1.807) is 23.0 Å². The van der Waals surface area contributed by atoms with Crippen molar-refractivity contribution in [1.82, 2.24) is 9.80 Å². The van der Waals surface area contributed by atoms with Gasteiger partial charge in [-0.3, -0.25) is 9.59 Å². The summed E-state index contributed by atoms with van der Waals surface area (Å²) < 4.78 is 18.3. The van der Waals surface area contributed by atoms with E-state index in [2.05, 4.69) is 0 Å². The molecule has 5 nitrogen and oxygen atoms in total. The van der Waals surface area contributed by atoms with Crippen molar-refractivity contribution in [2.75, 3.05) is 33.4 Å². The van der Waals surface area contributed by atoms with Crippen molar-refractivity contribution < 1.29 is 18.7 Å². The zero-order valence-electron chi connectivity index (χ0n) is 14.0. The fourth-order valence-electron chi connectivity index (χ4n) is 3.71. The molecule has 130 valence electrons. The summed E-state index contributed by atoms with van der Waals surface area (Å²) in [4.78, 5) is 28.6. The highest BCUT2D eigenvalue weighted by Crippen LogP contribution is 2.41. The maximum Gasteiger partial charge on any atom is 0.231 e. The van der Waals surface area contributed by atoms with Crippen LogP contribution >= 0.6 is 0 Å². The molecule has 0 aliphatic carbocycles. The van der Waals surface area contributed by atoms with Crippen LogP contribution in [0.1, 0.15) is 24.8 Å². The number of hydrogen-bond donors (Lipinski definition) is 0. The van der Waals surface area contributed by atoms with E-state index >= 15 is 0 Å². The van der Waals surface area contributed by atoms with Crippen LogP contribution in [0, 0.1) is 11.2 Å². The lowest BCUT2D eigenvalue weighted by Gasteiger charge is -2.24. The second-order valence-electron chi connectivity index (χ2n) is 6.70. The second kappa shape index (κ2) is 6.89. The van der Waals surface area contributed by atoms with E-state index in [0.29, 0.717) is 45.6 Å². The third kappa shape index (κ3) is 3.29. The number of carbonyl (C=O) groups excluding carboxylic acids is 2. The molecule has 24 heavy (non-hydrogen) atoms. The van der Waals surface area contributed by atoms with Crippen LogP contribution in [0.2, 0.25) is 0 Å². The normalized spacial score (nSPS) is 23.5. The van der Waals surface area contributed by atoms with Gasteiger partial charge in [-0.25, -0.2) is 4.39 Å². The Kier molecular flexibility index (Phi) is 4.85. The number of halogens is 1. The van der Waals surface area contributed by atoms with E-state index in [9.17, 15) is 14.0 Å². The summed E-state index contributed by atoms with van der Waals surface area (Å²) in [5, 5.41) is 0. The van der Waals surface area contributed by atoms with Crippen LogP contribution in [0.15, 0.2) is 24.3 Å². The predicted octanol–water partition coefficient (Wildman–Crippen LogP) is 1.81. The molecule has 6 heteroatoms. The first-order chi connectivity index (χ1) is 11.5. The van der Waals surface area contributed by atoms with Crippen LogP contribution < -0.4 is 0 Å². The third-order valence-corrected chi connectivity index (χ3v) is 5.09. The number of hydrogen-bond acceptors (Lipinski definition) is 3. The Morgan fingerprint density at radius 2 is 2.12 bits per heavy atom. The minimum atomic E-state index is -0.448. The average molecular weight is 334 g/mol. The minimum Gasteiger partial charge on any atom is -0.384 e. The smallest absolute Gasteiger partial charge is 0.231 e. The van der Waals surface area contributed by atoms with Gasteiger partial charge in [0, 0.05) is 33.3 Å². The first-order valence-corrected chi connectivity index (χ1v) is 8.35. The first-order valence-electron chi connectivity index (χ1n) is 8.35. The van der Waals surface area contributed by atoms with E-state index < -0.39 is 5.41 Å². The lowest BCUT2D eigenvalue weighted by molar-refractivity contribution is -0.137. The van der Waals surface area contributed by atoms with Gasteiger partial charge < -0.3 is 14.5 Å². The maximum atomic E-state index is 13.3. The molecule has 2 aliphatic heterocycles. The monoisotopic (exact) mass is 334 g/mol. The molecule has 2 aliphatic rings. The molecule has 2 fully saturated rings. The largest absolute Gasteiger partial charge is 0.384 e. The van der Waals surface area contributed by atoms with E-state index in [1.807, 2.05) is 6.07 Å². The van der Waals surface area contributed by atoms with Gasteiger partial charge in [-0.1, -0.05) is 12.1 Å². The Morgan fingerprint density at radius 1 is 1.33 bits per heavy atom. The second-order valence-corrected chi connectivity index (χ2v) is 6.70. The topological polar surface area (TPSA) is 49.9 Å². The molecular weight excluding hydrogens is 311 g/mol. The van der Waals surface area contributed by atoms with Crippen LogP contribution in [0.3, 0.4) is 0 Å². The molecule has 2 amide bonds. The van der Waals surface area contributed by atoms with Crippen molar-refractivity contribution in [3.05, 3.63) is 35.6 Å². The van der Waals surface area contributed by atoms with Gasteiger partial charge >= 0.3 is 0 Å². The molecule has 1 spiro atoms. The van der Waals surface area contributed by atoms with Gasteiger partial charge in [0.15, 0.2) is 0 Å². The summed E-state index contributed by atoms with van der Waals surface area (Å²) in [6, 6.07) is 6.36. The van der Waals surface area contributed by atoms with Crippen molar-refractivity contribution in [2.24, 2.45) is 5.41 Å². The van der Waals surface area contributed by atoms with Gasteiger partial charge in [-0.15, -0.1) is 0 Å². The quantitative estimate of drug-likeness (QED) is 0.825. The lowest BCUT2D eigenvalue weighted by Crippen LogP contribution is -2.38. The molecular formula is C18H23FN2O3. The van der Waals surface area contributed by atoms with Crippen LogP contribution in [0.25, 0.3) is 0 Å². The number of nitrogens with zero attached hydrogens (tertiary/aromatic N) is 2. The number of carbonyl (C=O) groups is 2. The van der Waals surface area contributed by atoms with Gasteiger partial charge in [0.25, 0.3) is 0 Å². The molecule has 1 atom stereocenters. The number of likely N-dealkylation sites (tertiary alicyclic amines) is 2. The predicted molar refractivity (Wildman–Crippen MR) is 86.6 cm³/mol. The van der Waals surface area contributed by atoms with Gasteiger partial charge in [0.1, 0.15) is 5.82 Å². The number of ether oxygens (including phenoxy) is 1. The van der Waals surface area contributed by atoms with Gasteiger partial charge in [-0.2, -0.15) is 0 Å². The molecule has 0 unspecified atom stereocenters. The van der Waals surface area contributed by atoms with E-state index in [1.165, 1.54) is 12.1 Å². The van der Waals surface area contributed by atoms with Crippen molar-refractivity contribution in [1.29, 1.82) is 0 Å². The fraction of sp³-hybridized carbons (Fsp3) is 0.556. The third-order valence-electron chi connectivity index (χ3n) is 5.09. The first kappa shape index (κ1) is 16.9. The van der Waals surface area contributed by atoms with Crippen molar-refractivity contribution >= 4 is 11.8 Å². The fourth-order valence-corrected chi connectivity index (χ4v) is 3.71. The molecule has 0 aromatic heterocycles. The Morgan fingerprint density at radius 3 is 2.88 bits per heavy atom. The SMILES string of the molecule is COCCC(=O)N1CC[C@@]2(CCN(Cc3cccc(F)c3)C2=O)C1. The Labute approximate surface area is 141 Å². The molecule has 0 N–H and O–H groups in total. The highest BCUT2D eigenvalue weighted by Gasteiger charge is 2.51.